The second-order valence-corrected chi connectivity index (χ2v) is 6.41. The standard InChI is InChI=1S/C17H12Cl2F3N3/c1-25-16(12-8-4-5-9-13(12)17(20,21)22)23-15(24-25)11-7-3-2-6-10(11)14(18)19/h2-9,14H,1H3. The molecule has 0 fully saturated rings. The van der Waals surface area contributed by atoms with Crippen molar-refractivity contribution in [1.82, 2.24) is 14.8 Å². The minimum absolute atomic E-state index is 0.0398. The van der Waals surface area contributed by atoms with Crippen LogP contribution in [0, 0.1) is 0 Å². The molecule has 25 heavy (non-hydrogen) atoms. The summed E-state index contributed by atoms with van der Waals surface area (Å²) in [5.74, 6) is 0.370. The Balaban J connectivity index is 2.16. The Morgan fingerprint density at radius 3 is 2.20 bits per heavy atom. The van der Waals surface area contributed by atoms with Crippen molar-refractivity contribution in [2.45, 2.75) is 11.0 Å². The molecule has 3 rings (SSSR count). The first kappa shape index (κ1) is 17.8. The predicted octanol–water partition coefficient (Wildman–Crippen LogP) is 5.64. The molecule has 0 saturated heterocycles. The smallest absolute Gasteiger partial charge is 0.248 e. The highest BCUT2D eigenvalue weighted by Crippen LogP contribution is 2.37. The second-order valence-electron chi connectivity index (χ2n) is 5.31. The summed E-state index contributed by atoms with van der Waals surface area (Å²) < 4.78 is 41.1. The van der Waals surface area contributed by atoms with Gasteiger partial charge in [0.1, 0.15) is 4.84 Å². The third-order valence-corrected chi connectivity index (χ3v) is 4.14. The number of alkyl halides is 5. The lowest BCUT2D eigenvalue weighted by molar-refractivity contribution is -0.137. The fourth-order valence-electron chi connectivity index (χ4n) is 2.55. The summed E-state index contributed by atoms with van der Waals surface area (Å²) in [6, 6.07) is 12.2. The van der Waals surface area contributed by atoms with Gasteiger partial charge in [0.05, 0.1) is 5.56 Å². The van der Waals surface area contributed by atoms with Gasteiger partial charge >= 0.3 is 6.18 Å². The van der Waals surface area contributed by atoms with E-state index in [-0.39, 0.29) is 17.2 Å². The van der Waals surface area contributed by atoms with Crippen LogP contribution >= 0.6 is 23.2 Å². The number of hydrogen-bond acceptors (Lipinski definition) is 2. The van der Waals surface area contributed by atoms with Gasteiger partial charge in [0.25, 0.3) is 0 Å². The van der Waals surface area contributed by atoms with Crippen LogP contribution in [0.1, 0.15) is 16.0 Å². The zero-order valence-corrected chi connectivity index (χ0v) is 14.4. The van der Waals surface area contributed by atoms with Crippen LogP contribution in [0.5, 0.6) is 0 Å². The lowest BCUT2D eigenvalue weighted by atomic mass is 10.1. The van der Waals surface area contributed by atoms with Crippen LogP contribution in [0.2, 0.25) is 0 Å². The van der Waals surface area contributed by atoms with Gasteiger partial charge in [-0.1, -0.05) is 42.5 Å². The first-order chi connectivity index (χ1) is 11.8. The largest absolute Gasteiger partial charge is 0.417 e. The molecule has 1 heterocycles. The van der Waals surface area contributed by atoms with Crippen molar-refractivity contribution in [3.63, 3.8) is 0 Å². The minimum Gasteiger partial charge on any atom is -0.248 e. The first-order valence-electron chi connectivity index (χ1n) is 7.24. The fraction of sp³-hybridized carbons (Fsp3) is 0.176. The van der Waals surface area contributed by atoms with E-state index in [1.54, 1.807) is 31.3 Å². The minimum atomic E-state index is -4.49. The normalized spacial score (nSPS) is 12.0. The van der Waals surface area contributed by atoms with Gasteiger partial charge in [-0.2, -0.15) is 18.3 Å². The molecule has 8 heteroatoms. The van der Waals surface area contributed by atoms with Gasteiger partial charge in [-0.05, 0) is 11.6 Å². The molecule has 0 saturated carbocycles. The van der Waals surface area contributed by atoms with E-state index < -0.39 is 16.6 Å². The lowest BCUT2D eigenvalue weighted by Crippen LogP contribution is -2.08. The zero-order valence-electron chi connectivity index (χ0n) is 12.9. The number of halogens is 5. The van der Waals surface area contributed by atoms with Gasteiger partial charge in [-0.25, -0.2) is 9.67 Å². The molecule has 0 N–H and O–H groups in total. The quantitative estimate of drug-likeness (QED) is 0.545. The van der Waals surface area contributed by atoms with Gasteiger partial charge in [0, 0.05) is 18.2 Å². The average molecular weight is 386 g/mol. The van der Waals surface area contributed by atoms with Crippen molar-refractivity contribution < 1.29 is 13.2 Å². The molecule has 0 amide bonds. The van der Waals surface area contributed by atoms with Crippen LogP contribution in [0.3, 0.4) is 0 Å². The van der Waals surface area contributed by atoms with Crippen LogP contribution in [0.4, 0.5) is 13.2 Å². The molecule has 3 nitrogen and oxygen atoms in total. The number of aromatic nitrogens is 3. The van der Waals surface area contributed by atoms with Gasteiger partial charge < -0.3 is 0 Å². The van der Waals surface area contributed by atoms with E-state index in [0.29, 0.717) is 11.1 Å². The molecule has 1 aromatic heterocycles. The van der Waals surface area contributed by atoms with Crippen molar-refractivity contribution in [2.75, 3.05) is 0 Å². The Bertz CT molecular complexity index is 904. The van der Waals surface area contributed by atoms with Crippen molar-refractivity contribution in [3.05, 3.63) is 59.7 Å². The fourth-order valence-corrected chi connectivity index (χ4v) is 2.93. The van der Waals surface area contributed by atoms with Crippen LogP contribution in [0.25, 0.3) is 22.8 Å². The lowest BCUT2D eigenvalue weighted by Gasteiger charge is -2.11. The van der Waals surface area contributed by atoms with Gasteiger partial charge in [-0.3, -0.25) is 0 Å². The monoisotopic (exact) mass is 385 g/mol. The summed E-state index contributed by atoms with van der Waals surface area (Å²) in [5, 5.41) is 4.24. The summed E-state index contributed by atoms with van der Waals surface area (Å²) in [7, 11) is 1.54. The summed E-state index contributed by atoms with van der Waals surface area (Å²) in [5.41, 5.74) is 0.357. The third-order valence-electron chi connectivity index (χ3n) is 3.67. The molecule has 130 valence electrons. The number of rotatable bonds is 3. The maximum Gasteiger partial charge on any atom is 0.417 e. The molecule has 0 atom stereocenters. The van der Waals surface area contributed by atoms with Gasteiger partial charge in [0.15, 0.2) is 11.6 Å². The molecular formula is C17H12Cl2F3N3. The average Bonchev–Trinajstić information content (AvgIpc) is 2.95. The highest BCUT2D eigenvalue weighted by molar-refractivity contribution is 6.44. The van der Waals surface area contributed by atoms with Crippen molar-refractivity contribution in [3.8, 4) is 22.8 Å². The summed E-state index contributed by atoms with van der Waals surface area (Å²) in [6.07, 6.45) is -4.49. The molecule has 0 aliphatic carbocycles. The van der Waals surface area contributed by atoms with E-state index in [1.165, 1.54) is 22.9 Å². The Morgan fingerprint density at radius 2 is 1.56 bits per heavy atom. The van der Waals surface area contributed by atoms with E-state index in [9.17, 15) is 13.2 Å². The Labute approximate surface area is 152 Å². The molecule has 3 aromatic rings. The molecule has 2 aromatic carbocycles. The van der Waals surface area contributed by atoms with Gasteiger partial charge in [-0.15, -0.1) is 23.2 Å². The SMILES string of the molecule is Cn1nc(-c2ccccc2C(Cl)Cl)nc1-c1ccccc1C(F)(F)F. The Hall–Kier alpha value is -2.05. The highest BCUT2D eigenvalue weighted by atomic mass is 35.5. The topological polar surface area (TPSA) is 30.7 Å². The van der Waals surface area contributed by atoms with Crippen LogP contribution in [-0.2, 0) is 13.2 Å². The zero-order chi connectivity index (χ0) is 18.2. The summed E-state index contributed by atoms with van der Waals surface area (Å²) in [6.45, 7) is 0. The van der Waals surface area contributed by atoms with E-state index in [2.05, 4.69) is 10.1 Å². The summed E-state index contributed by atoms with van der Waals surface area (Å²) in [4.78, 5) is 3.50. The Morgan fingerprint density at radius 1 is 0.960 bits per heavy atom. The van der Waals surface area contributed by atoms with E-state index >= 15 is 0 Å². The maximum atomic E-state index is 13.3. The maximum absolute atomic E-state index is 13.3. The molecule has 0 radical (unpaired) electrons. The molecule has 0 bridgehead atoms. The predicted molar refractivity (Wildman–Crippen MR) is 91.3 cm³/mol. The highest BCUT2D eigenvalue weighted by Gasteiger charge is 2.34. The van der Waals surface area contributed by atoms with Crippen molar-refractivity contribution in [1.29, 1.82) is 0 Å². The van der Waals surface area contributed by atoms with E-state index in [1.807, 2.05) is 0 Å². The van der Waals surface area contributed by atoms with Crippen LogP contribution in [-0.4, -0.2) is 14.8 Å². The molecular weight excluding hydrogens is 374 g/mol. The Kier molecular flexibility index (Phi) is 4.75. The van der Waals surface area contributed by atoms with E-state index in [4.69, 9.17) is 23.2 Å². The second kappa shape index (κ2) is 6.69. The first-order valence-corrected chi connectivity index (χ1v) is 8.11. The number of benzene rings is 2. The molecule has 0 unspecified atom stereocenters. The number of hydrogen-bond donors (Lipinski definition) is 0. The molecule has 0 aliphatic rings. The third kappa shape index (κ3) is 3.50. The van der Waals surface area contributed by atoms with E-state index in [0.717, 1.165) is 6.07 Å². The van der Waals surface area contributed by atoms with Crippen LogP contribution < -0.4 is 0 Å². The number of nitrogens with zero attached hydrogens (tertiary/aromatic N) is 3. The number of aryl methyl sites for hydroxylation is 1. The van der Waals surface area contributed by atoms with Gasteiger partial charge in [0.2, 0.25) is 0 Å². The van der Waals surface area contributed by atoms with Crippen LogP contribution in [0.15, 0.2) is 48.5 Å². The molecule has 0 spiro atoms. The van der Waals surface area contributed by atoms with Crippen molar-refractivity contribution in [2.24, 2.45) is 7.05 Å². The van der Waals surface area contributed by atoms with Crippen molar-refractivity contribution >= 4 is 23.2 Å². The molecule has 0 aliphatic heterocycles. The summed E-state index contributed by atoms with van der Waals surface area (Å²) >= 11 is 11.9.